The SMILES string of the molecule is CCCNC(COCCOCCOC)(C(N)=O)C1CC1. The van der Waals surface area contributed by atoms with Crippen LogP contribution in [0.2, 0.25) is 0 Å². The fourth-order valence-electron chi connectivity index (χ4n) is 2.19. The van der Waals surface area contributed by atoms with Crippen molar-refractivity contribution in [2.45, 2.75) is 31.7 Å². The van der Waals surface area contributed by atoms with Gasteiger partial charge in [0.25, 0.3) is 0 Å². The van der Waals surface area contributed by atoms with Crippen LogP contribution in [0.5, 0.6) is 0 Å². The van der Waals surface area contributed by atoms with Gasteiger partial charge in [-0.15, -0.1) is 0 Å². The molecule has 3 N–H and O–H groups in total. The van der Waals surface area contributed by atoms with E-state index in [1.165, 1.54) is 0 Å². The number of methoxy groups -OCH3 is 1. The van der Waals surface area contributed by atoms with Crippen molar-refractivity contribution in [1.82, 2.24) is 5.32 Å². The summed E-state index contributed by atoms with van der Waals surface area (Å²) >= 11 is 0. The zero-order valence-electron chi connectivity index (χ0n) is 12.7. The molecule has 0 heterocycles. The summed E-state index contributed by atoms with van der Waals surface area (Å²) in [5, 5.41) is 3.30. The van der Waals surface area contributed by atoms with Crippen LogP contribution in [0.1, 0.15) is 26.2 Å². The maximum absolute atomic E-state index is 11.8. The number of amides is 1. The second-order valence-corrected chi connectivity index (χ2v) is 5.19. The first-order chi connectivity index (χ1) is 9.67. The molecule has 6 heteroatoms. The predicted molar refractivity (Wildman–Crippen MR) is 76.5 cm³/mol. The zero-order chi connectivity index (χ0) is 14.8. The number of nitrogens with two attached hydrogens (primary N) is 1. The average molecular weight is 288 g/mol. The molecule has 0 aromatic rings. The molecule has 20 heavy (non-hydrogen) atoms. The van der Waals surface area contributed by atoms with E-state index in [0.29, 0.717) is 39.0 Å². The Bertz CT molecular complexity index is 284. The van der Waals surface area contributed by atoms with Crippen LogP contribution in [0, 0.1) is 5.92 Å². The molecule has 118 valence electrons. The van der Waals surface area contributed by atoms with Crippen LogP contribution in [0.15, 0.2) is 0 Å². The molecule has 0 radical (unpaired) electrons. The highest BCUT2D eigenvalue weighted by molar-refractivity contribution is 5.85. The fourth-order valence-corrected chi connectivity index (χ4v) is 2.19. The summed E-state index contributed by atoms with van der Waals surface area (Å²) in [5.74, 6) is -0.00490. The van der Waals surface area contributed by atoms with Crippen LogP contribution < -0.4 is 11.1 Å². The van der Waals surface area contributed by atoms with Gasteiger partial charge in [0.1, 0.15) is 5.54 Å². The van der Waals surface area contributed by atoms with E-state index in [1.807, 2.05) is 0 Å². The van der Waals surface area contributed by atoms with Crippen molar-refractivity contribution in [3.63, 3.8) is 0 Å². The largest absolute Gasteiger partial charge is 0.382 e. The van der Waals surface area contributed by atoms with Gasteiger partial charge < -0.3 is 25.3 Å². The molecule has 0 saturated heterocycles. The number of carbonyl (C=O) groups is 1. The first-order valence-corrected chi connectivity index (χ1v) is 7.36. The Morgan fingerprint density at radius 2 is 1.90 bits per heavy atom. The second kappa shape index (κ2) is 9.28. The highest BCUT2D eigenvalue weighted by Crippen LogP contribution is 2.39. The summed E-state index contributed by atoms with van der Waals surface area (Å²) in [7, 11) is 1.64. The Hall–Kier alpha value is -0.690. The molecular formula is C14H28N2O4. The molecule has 6 nitrogen and oxygen atoms in total. The first kappa shape index (κ1) is 17.4. The topological polar surface area (TPSA) is 82.8 Å². The van der Waals surface area contributed by atoms with Crippen LogP contribution >= 0.6 is 0 Å². The van der Waals surface area contributed by atoms with Gasteiger partial charge in [-0.3, -0.25) is 4.79 Å². The molecule has 0 spiro atoms. The minimum Gasteiger partial charge on any atom is -0.382 e. The Kier molecular flexibility index (Phi) is 8.06. The van der Waals surface area contributed by atoms with E-state index in [1.54, 1.807) is 7.11 Å². The molecule has 0 aromatic carbocycles. The van der Waals surface area contributed by atoms with Gasteiger partial charge in [0.2, 0.25) is 5.91 Å². The molecule has 1 unspecified atom stereocenters. The summed E-state index contributed by atoms with van der Waals surface area (Å²) in [4.78, 5) is 11.8. The Balaban J connectivity index is 2.31. The smallest absolute Gasteiger partial charge is 0.240 e. The summed E-state index contributed by atoms with van der Waals surface area (Å²) in [6.07, 6.45) is 3.03. The fraction of sp³-hybridized carbons (Fsp3) is 0.929. The lowest BCUT2D eigenvalue weighted by Crippen LogP contribution is -2.60. The van der Waals surface area contributed by atoms with Crippen molar-refractivity contribution in [2.24, 2.45) is 11.7 Å². The van der Waals surface area contributed by atoms with Gasteiger partial charge in [-0.1, -0.05) is 6.92 Å². The zero-order valence-corrected chi connectivity index (χ0v) is 12.7. The number of primary amides is 1. The third kappa shape index (κ3) is 5.36. The molecule has 1 amide bonds. The molecule has 0 aromatic heterocycles. The number of nitrogens with one attached hydrogen (secondary N) is 1. The maximum Gasteiger partial charge on any atom is 0.240 e. The summed E-state index contributed by atoms with van der Waals surface area (Å²) < 4.78 is 15.8. The Labute approximate surface area is 121 Å². The molecular weight excluding hydrogens is 260 g/mol. The van der Waals surface area contributed by atoms with E-state index < -0.39 is 5.54 Å². The quantitative estimate of drug-likeness (QED) is 0.476. The van der Waals surface area contributed by atoms with Crippen LogP contribution in [0.3, 0.4) is 0 Å². The number of hydrogen-bond donors (Lipinski definition) is 2. The molecule has 1 fully saturated rings. The number of hydrogen-bond acceptors (Lipinski definition) is 5. The summed E-state index contributed by atoms with van der Waals surface area (Å²) in [5.41, 5.74) is 4.90. The van der Waals surface area contributed by atoms with Gasteiger partial charge in [-0.2, -0.15) is 0 Å². The summed E-state index contributed by atoms with van der Waals surface area (Å²) in [6.45, 7) is 5.24. The molecule has 0 aliphatic heterocycles. The van der Waals surface area contributed by atoms with E-state index in [-0.39, 0.29) is 5.91 Å². The van der Waals surface area contributed by atoms with Crippen LogP contribution in [0.25, 0.3) is 0 Å². The number of carbonyl (C=O) groups excluding carboxylic acids is 1. The lowest BCUT2D eigenvalue weighted by Gasteiger charge is -2.31. The minimum atomic E-state index is -0.706. The first-order valence-electron chi connectivity index (χ1n) is 7.36. The van der Waals surface area contributed by atoms with Crippen LogP contribution in [0.4, 0.5) is 0 Å². The van der Waals surface area contributed by atoms with E-state index in [0.717, 1.165) is 25.8 Å². The van der Waals surface area contributed by atoms with Crippen molar-refractivity contribution in [2.75, 3.05) is 46.7 Å². The maximum atomic E-state index is 11.8. The number of ether oxygens (including phenoxy) is 3. The van der Waals surface area contributed by atoms with Crippen molar-refractivity contribution >= 4 is 5.91 Å². The molecule has 1 atom stereocenters. The molecule has 1 aliphatic carbocycles. The van der Waals surface area contributed by atoms with Gasteiger partial charge in [0.15, 0.2) is 0 Å². The number of rotatable bonds is 13. The second-order valence-electron chi connectivity index (χ2n) is 5.19. The molecule has 1 rings (SSSR count). The lowest BCUT2D eigenvalue weighted by molar-refractivity contribution is -0.128. The van der Waals surface area contributed by atoms with Crippen molar-refractivity contribution in [3.8, 4) is 0 Å². The normalized spacial score (nSPS) is 17.9. The van der Waals surface area contributed by atoms with Gasteiger partial charge in [0.05, 0.1) is 33.0 Å². The predicted octanol–water partition coefficient (Wildman–Crippen LogP) is 0.300. The van der Waals surface area contributed by atoms with E-state index >= 15 is 0 Å². The standard InChI is InChI=1S/C14H28N2O4/c1-3-6-16-14(13(15)17,12-4-5-12)11-20-10-9-19-8-7-18-2/h12,16H,3-11H2,1-2H3,(H2,15,17). The summed E-state index contributed by atoms with van der Waals surface area (Å²) in [6, 6.07) is 0. The van der Waals surface area contributed by atoms with Gasteiger partial charge in [-0.25, -0.2) is 0 Å². The van der Waals surface area contributed by atoms with Crippen molar-refractivity contribution in [3.05, 3.63) is 0 Å². The Morgan fingerprint density at radius 3 is 2.45 bits per heavy atom. The van der Waals surface area contributed by atoms with Gasteiger partial charge >= 0.3 is 0 Å². The van der Waals surface area contributed by atoms with Gasteiger partial charge in [0, 0.05) is 7.11 Å². The van der Waals surface area contributed by atoms with Gasteiger partial charge in [-0.05, 0) is 31.7 Å². The monoisotopic (exact) mass is 288 g/mol. The Morgan fingerprint density at radius 1 is 1.25 bits per heavy atom. The van der Waals surface area contributed by atoms with E-state index in [4.69, 9.17) is 19.9 Å². The van der Waals surface area contributed by atoms with Crippen molar-refractivity contribution in [1.29, 1.82) is 0 Å². The minimum absolute atomic E-state index is 0.306. The molecule has 0 bridgehead atoms. The third-order valence-electron chi connectivity index (χ3n) is 3.54. The highest BCUT2D eigenvalue weighted by atomic mass is 16.5. The van der Waals surface area contributed by atoms with Crippen LogP contribution in [-0.2, 0) is 19.0 Å². The van der Waals surface area contributed by atoms with E-state index in [9.17, 15) is 4.79 Å². The highest BCUT2D eigenvalue weighted by Gasteiger charge is 2.49. The van der Waals surface area contributed by atoms with Crippen molar-refractivity contribution < 1.29 is 19.0 Å². The molecule has 1 aliphatic rings. The van der Waals surface area contributed by atoms with E-state index in [2.05, 4.69) is 12.2 Å². The average Bonchev–Trinajstić information content (AvgIpc) is 3.26. The third-order valence-corrected chi connectivity index (χ3v) is 3.54. The lowest BCUT2D eigenvalue weighted by atomic mass is 9.93. The molecule has 1 saturated carbocycles. The van der Waals surface area contributed by atoms with Crippen LogP contribution in [-0.4, -0.2) is 58.1 Å².